The maximum absolute atomic E-state index is 12.1. The van der Waals surface area contributed by atoms with E-state index in [2.05, 4.69) is 20.3 Å². The molecule has 3 heterocycles. The third-order valence-electron chi connectivity index (χ3n) is 3.76. The third kappa shape index (κ3) is 3.62. The van der Waals surface area contributed by atoms with E-state index in [4.69, 9.17) is 4.74 Å². The van der Waals surface area contributed by atoms with Gasteiger partial charge in [0.25, 0.3) is 0 Å². The minimum Gasteiger partial charge on any atom is -0.375 e. The topological polar surface area (TPSA) is 80.2 Å². The van der Waals surface area contributed by atoms with E-state index >= 15 is 0 Å². The molecule has 1 aliphatic rings. The van der Waals surface area contributed by atoms with Crippen molar-refractivity contribution >= 4 is 17.7 Å². The first-order valence-corrected chi connectivity index (χ1v) is 7.57. The van der Waals surface area contributed by atoms with Crippen molar-refractivity contribution in [1.82, 2.24) is 19.9 Å². The molecule has 1 atom stereocenters. The lowest BCUT2D eigenvalue weighted by Crippen LogP contribution is -2.33. The Balaban J connectivity index is 1.77. The molecule has 0 aliphatic carbocycles. The Bertz CT molecular complexity index is 665. The molecule has 0 spiro atoms. The number of amides is 1. The van der Waals surface area contributed by atoms with Crippen molar-refractivity contribution < 1.29 is 9.53 Å². The monoisotopic (exact) mass is 313 g/mol. The fourth-order valence-electron chi connectivity index (χ4n) is 2.75. The number of rotatable bonds is 5. The van der Waals surface area contributed by atoms with Crippen LogP contribution in [0, 0.1) is 0 Å². The molecule has 1 saturated heterocycles. The number of anilines is 2. The normalized spacial score (nSPS) is 17.3. The number of aromatic nitrogens is 3. The molecular weight excluding hydrogens is 294 g/mol. The molecule has 3 rings (SSSR count). The van der Waals surface area contributed by atoms with Crippen LogP contribution in [-0.2, 0) is 9.53 Å². The largest absolute Gasteiger partial charge is 0.375 e. The maximum Gasteiger partial charge on any atom is 0.249 e. The van der Waals surface area contributed by atoms with Crippen LogP contribution in [0.25, 0.3) is 0 Å². The van der Waals surface area contributed by atoms with Crippen LogP contribution in [0.1, 0.15) is 24.6 Å². The summed E-state index contributed by atoms with van der Waals surface area (Å²) in [5, 5.41) is 3.08. The molecule has 1 unspecified atom stereocenters. The van der Waals surface area contributed by atoms with Gasteiger partial charge < -0.3 is 15.0 Å². The molecule has 2 aromatic rings. The van der Waals surface area contributed by atoms with Crippen molar-refractivity contribution in [1.29, 1.82) is 0 Å². The molecule has 1 fully saturated rings. The number of pyridine rings is 1. The van der Waals surface area contributed by atoms with Gasteiger partial charge in [-0.1, -0.05) is 6.07 Å². The molecule has 0 saturated carbocycles. The lowest BCUT2D eigenvalue weighted by molar-refractivity contribution is -0.136. The predicted octanol–water partition coefficient (Wildman–Crippen LogP) is 1.93. The summed E-state index contributed by atoms with van der Waals surface area (Å²) in [5.74, 6) is 1.16. The fourth-order valence-corrected chi connectivity index (χ4v) is 2.75. The van der Waals surface area contributed by atoms with Crippen LogP contribution in [0.3, 0.4) is 0 Å². The molecule has 1 amide bonds. The van der Waals surface area contributed by atoms with E-state index in [1.165, 1.54) is 7.11 Å². The number of nitrogens with zero attached hydrogens (tertiary/aromatic N) is 4. The number of hydrogen-bond donors (Lipinski definition) is 1. The second-order valence-corrected chi connectivity index (χ2v) is 5.32. The van der Waals surface area contributed by atoms with E-state index in [0.29, 0.717) is 11.8 Å². The first kappa shape index (κ1) is 15.4. The van der Waals surface area contributed by atoms with Crippen LogP contribution in [0.2, 0.25) is 0 Å². The molecule has 120 valence electrons. The van der Waals surface area contributed by atoms with Crippen molar-refractivity contribution in [2.24, 2.45) is 0 Å². The van der Waals surface area contributed by atoms with Crippen LogP contribution in [0.15, 0.2) is 36.7 Å². The van der Waals surface area contributed by atoms with E-state index in [0.717, 1.165) is 25.1 Å². The van der Waals surface area contributed by atoms with Crippen LogP contribution < -0.4 is 5.32 Å². The zero-order valence-electron chi connectivity index (χ0n) is 13.0. The van der Waals surface area contributed by atoms with Gasteiger partial charge in [0.15, 0.2) is 0 Å². The summed E-state index contributed by atoms with van der Waals surface area (Å²) in [6, 6.07) is 7.42. The van der Waals surface area contributed by atoms with E-state index < -0.39 is 0 Å². The second kappa shape index (κ2) is 7.15. The van der Waals surface area contributed by atoms with Crippen molar-refractivity contribution in [2.75, 3.05) is 25.6 Å². The average Bonchev–Trinajstić information content (AvgIpc) is 3.06. The van der Waals surface area contributed by atoms with Crippen LogP contribution in [0.5, 0.6) is 0 Å². The lowest BCUT2D eigenvalue weighted by atomic mass is 10.1. The SMILES string of the molecule is COCC(=O)N1CCCC1c1ccnc(Nc2ccccn2)n1. The zero-order chi connectivity index (χ0) is 16.1. The first-order chi connectivity index (χ1) is 11.3. The highest BCUT2D eigenvalue weighted by atomic mass is 16.5. The maximum atomic E-state index is 12.1. The van der Waals surface area contributed by atoms with E-state index in [1.807, 2.05) is 29.2 Å². The minimum atomic E-state index is -0.0232. The van der Waals surface area contributed by atoms with Gasteiger partial charge in [-0.25, -0.2) is 15.0 Å². The van der Waals surface area contributed by atoms with Crippen molar-refractivity contribution in [2.45, 2.75) is 18.9 Å². The average molecular weight is 313 g/mol. The van der Waals surface area contributed by atoms with E-state index in [9.17, 15) is 4.79 Å². The Morgan fingerprint density at radius 2 is 2.26 bits per heavy atom. The first-order valence-electron chi connectivity index (χ1n) is 7.57. The molecule has 23 heavy (non-hydrogen) atoms. The summed E-state index contributed by atoms with van der Waals surface area (Å²) in [6.45, 7) is 0.834. The van der Waals surface area contributed by atoms with Crippen LogP contribution in [-0.4, -0.2) is 46.0 Å². The van der Waals surface area contributed by atoms with Crippen molar-refractivity contribution in [3.05, 3.63) is 42.4 Å². The number of carbonyl (C=O) groups excluding carboxylic acids is 1. The minimum absolute atomic E-state index is 0.00662. The molecule has 1 N–H and O–H groups in total. The molecule has 7 heteroatoms. The number of ether oxygens (including phenoxy) is 1. The van der Waals surface area contributed by atoms with Gasteiger partial charge in [-0.3, -0.25) is 4.79 Å². The Morgan fingerprint density at radius 1 is 1.35 bits per heavy atom. The number of likely N-dealkylation sites (tertiary alicyclic amines) is 1. The Labute approximate surface area is 134 Å². The van der Waals surface area contributed by atoms with Gasteiger partial charge in [-0.15, -0.1) is 0 Å². The molecule has 1 aliphatic heterocycles. The molecule has 0 aromatic carbocycles. The second-order valence-electron chi connectivity index (χ2n) is 5.32. The molecule has 7 nitrogen and oxygen atoms in total. The van der Waals surface area contributed by atoms with Gasteiger partial charge in [-0.2, -0.15) is 0 Å². The van der Waals surface area contributed by atoms with Gasteiger partial charge >= 0.3 is 0 Å². The van der Waals surface area contributed by atoms with Crippen molar-refractivity contribution in [3.63, 3.8) is 0 Å². The van der Waals surface area contributed by atoms with Crippen LogP contribution in [0.4, 0.5) is 11.8 Å². The Kier molecular flexibility index (Phi) is 4.77. The van der Waals surface area contributed by atoms with Gasteiger partial charge in [-0.05, 0) is 31.0 Å². The third-order valence-corrected chi connectivity index (χ3v) is 3.76. The van der Waals surface area contributed by atoms with Gasteiger partial charge in [0, 0.05) is 26.0 Å². The van der Waals surface area contributed by atoms with Gasteiger partial charge in [0.1, 0.15) is 12.4 Å². The summed E-state index contributed by atoms with van der Waals surface area (Å²) in [5.41, 5.74) is 0.834. The summed E-state index contributed by atoms with van der Waals surface area (Å²) in [6.07, 6.45) is 5.27. The standard InChI is InChI=1S/C16H19N5O2/c1-23-11-15(22)21-10-4-5-13(21)12-7-9-18-16(19-12)20-14-6-2-3-8-17-14/h2-3,6-9,13H,4-5,10-11H2,1H3,(H,17,18,19,20). The van der Waals surface area contributed by atoms with Gasteiger partial charge in [0.2, 0.25) is 11.9 Å². The Hall–Kier alpha value is -2.54. The number of nitrogens with one attached hydrogen (secondary N) is 1. The van der Waals surface area contributed by atoms with Gasteiger partial charge in [0.05, 0.1) is 11.7 Å². The molecule has 0 radical (unpaired) electrons. The lowest BCUT2D eigenvalue weighted by Gasteiger charge is -2.24. The van der Waals surface area contributed by atoms with Crippen LogP contribution >= 0.6 is 0 Å². The van der Waals surface area contributed by atoms with E-state index in [1.54, 1.807) is 12.4 Å². The number of methoxy groups -OCH3 is 1. The summed E-state index contributed by atoms with van der Waals surface area (Å²) in [4.78, 5) is 26.9. The highest BCUT2D eigenvalue weighted by Gasteiger charge is 2.30. The summed E-state index contributed by atoms with van der Waals surface area (Å²) in [7, 11) is 1.53. The highest BCUT2D eigenvalue weighted by molar-refractivity contribution is 5.78. The smallest absolute Gasteiger partial charge is 0.249 e. The van der Waals surface area contributed by atoms with Crippen molar-refractivity contribution in [3.8, 4) is 0 Å². The quantitative estimate of drug-likeness (QED) is 0.908. The zero-order valence-corrected chi connectivity index (χ0v) is 13.0. The highest BCUT2D eigenvalue weighted by Crippen LogP contribution is 2.31. The fraction of sp³-hybridized carbons (Fsp3) is 0.375. The number of hydrogen-bond acceptors (Lipinski definition) is 6. The molecular formula is C16H19N5O2. The molecule has 0 bridgehead atoms. The Morgan fingerprint density at radius 3 is 3.04 bits per heavy atom. The van der Waals surface area contributed by atoms with E-state index in [-0.39, 0.29) is 18.6 Å². The molecule has 2 aromatic heterocycles. The summed E-state index contributed by atoms with van der Waals surface area (Å²) < 4.78 is 4.96. The summed E-state index contributed by atoms with van der Waals surface area (Å²) >= 11 is 0. The number of carbonyl (C=O) groups is 1. The predicted molar refractivity (Wildman–Crippen MR) is 85.1 cm³/mol.